The minimum Gasteiger partial charge on any atom is -0.338 e. The van der Waals surface area contributed by atoms with Crippen LogP contribution in [-0.4, -0.2) is 29.9 Å². The lowest BCUT2D eigenvalue weighted by molar-refractivity contribution is 0.0533. The summed E-state index contributed by atoms with van der Waals surface area (Å²) < 4.78 is 0. The molecule has 1 fully saturated rings. The molecular formula is C21H25ClN2OS. The summed E-state index contributed by atoms with van der Waals surface area (Å²) in [5.74, 6) is 0.962. The summed E-state index contributed by atoms with van der Waals surface area (Å²) in [5.41, 5.74) is 8.08. The third-order valence-electron chi connectivity index (χ3n) is 5.02. The van der Waals surface area contributed by atoms with Gasteiger partial charge < -0.3 is 10.6 Å². The highest BCUT2D eigenvalue weighted by molar-refractivity contribution is 7.98. The Morgan fingerprint density at radius 1 is 1.19 bits per heavy atom. The van der Waals surface area contributed by atoms with E-state index in [0.717, 1.165) is 29.3 Å². The van der Waals surface area contributed by atoms with Crippen LogP contribution in [-0.2, 0) is 5.75 Å². The number of amides is 1. The van der Waals surface area contributed by atoms with Gasteiger partial charge in [0.05, 0.1) is 0 Å². The number of piperidine rings is 1. The second-order valence-corrected chi connectivity index (χ2v) is 9.04. The summed E-state index contributed by atoms with van der Waals surface area (Å²) in [6, 6.07) is 15.9. The smallest absolute Gasteiger partial charge is 0.253 e. The normalized spacial score (nSPS) is 19.4. The molecule has 3 rings (SSSR count). The maximum atomic E-state index is 12.8. The van der Waals surface area contributed by atoms with Crippen molar-refractivity contribution in [3.8, 4) is 0 Å². The maximum Gasteiger partial charge on any atom is 0.253 e. The molecule has 5 heteroatoms. The van der Waals surface area contributed by atoms with Gasteiger partial charge in [0.25, 0.3) is 5.91 Å². The largest absolute Gasteiger partial charge is 0.338 e. The van der Waals surface area contributed by atoms with Gasteiger partial charge in [-0.25, -0.2) is 0 Å². The Hall–Kier alpha value is -1.49. The summed E-state index contributed by atoms with van der Waals surface area (Å²) >= 11 is 7.67. The fourth-order valence-electron chi connectivity index (χ4n) is 3.17. The third-order valence-corrected chi connectivity index (χ3v) is 6.35. The SMILES string of the molecule is CC1(C)CN(C(=O)c2ccc(CSc3ccc(Cl)cc3)cc2)CCC1N. The first-order valence-corrected chi connectivity index (χ1v) is 10.2. The second-order valence-electron chi connectivity index (χ2n) is 7.55. The fourth-order valence-corrected chi connectivity index (χ4v) is 4.15. The predicted molar refractivity (Wildman–Crippen MR) is 110 cm³/mol. The van der Waals surface area contributed by atoms with Gasteiger partial charge >= 0.3 is 0 Å². The Morgan fingerprint density at radius 2 is 1.85 bits per heavy atom. The van der Waals surface area contributed by atoms with Crippen LogP contribution in [0.2, 0.25) is 5.02 Å². The lowest BCUT2D eigenvalue weighted by atomic mass is 9.79. The Morgan fingerprint density at radius 3 is 2.46 bits per heavy atom. The fraction of sp³-hybridized carbons (Fsp3) is 0.381. The van der Waals surface area contributed by atoms with Gasteiger partial charge in [0.15, 0.2) is 0 Å². The lowest BCUT2D eigenvalue weighted by Gasteiger charge is -2.42. The van der Waals surface area contributed by atoms with Crippen molar-refractivity contribution >= 4 is 29.3 Å². The number of nitrogens with two attached hydrogens (primary N) is 1. The summed E-state index contributed by atoms with van der Waals surface area (Å²) in [4.78, 5) is 15.9. The van der Waals surface area contributed by atoms with Crippen LogP contribution in [0, 0.1) is 5.41 Å². The van der Waals surface area contributed by atoms with Crippen molar-refractivity contribution in [2.45, 2.75) is 37.0 Å². The average Bonchev–Trinajstić information content (AvgIpc) is 2.63. The van der Waals surface area contributed by atoms with E-state index in [0.29, 0.717) is 6.54 Å². The molecule has 1 atom stereocenters. The van der Waals surface area contributed by atoms with Gasteiger partial charge in [-0.15, -0.1) is 11.8 Å². The van der Waals surface area contributed by atoms with Gasteiger partial charge in [-0.2, -0.15) is 0 Å². The van der Waals surface area contributed by atoms with Gasteiger partial charge in [-0.1, -0.05) is 37.6 Å². The van der Waals surface area contributed by atoms with Crippen molar-refractivity contribution in [2.24, 2.45) is 11.1 Å². The van der Waals surface area contributed by atoms with E-state index in [1.165, 1.54) is 10.5 Å². The Balaban J connectivity index is 1.60. The number of hydrogen-bond donors (Lipinski definition) is 1. The maximum absolute atomic E-state index is 12.8. The molecule has 0 aliphatic carbocycles. The zero-order chi connectivity index (χ0) is 18.7. The van der Waals surface area contributed by atoms with Crippen molar-refractivity contribution in [1.29, 1.82) is 0 Å². The Bertz CT molecular complexity index is 759. The highest BCUT2D eigenvalue weighted by Crippen LogP contribution is 2.29. The zero-order valence-electron chi connectivity index (χ0n) is 15.2. The van der Waals surface area contributed by atoms with Crippen LogP contribution < -0.4 is 5.73 Å². The van der Waals surface area contributed by atoms with Crippen molar-refractivity contribution in [1.82, 2.24) is 4.90 Å². The molecule has 2 N–H and O–H groups in total. The van der Waals surface area contributed by atoms with Crippen LogP contribution in [0.5, 0.6) is 0 Å². The van der Waals surface area contributed by atoms with E-state index < -0.39 is 0 Å². The number of thioether (sulfide) groups is 1. The van der Waals surface area contributed by atoms with E-state index in [-0.39, 0.29) is 17.4 Å². The molecular weight excluding hydrogens is 364 g/mol. The molecule has 1 aliphatic rings. The van der Waals surface area contributed by atoms with E-state index >= 15 is 0 Å². The molecule has 0 radical (unpaired) electrons. The molecule has 26 heavy (non-hydrogen) atoms. The van der Waals surface area contributed by atoms with Gasteiger partial charge in [0, 0.05) is 40.4 Å². The molecule has 2 aromatic rings. The summed E-state index contributed by atoms with van der Waals surface area (Å²) in [6.45, 7) is 5.71. The Kier molecular flexibility index (Phi) is 5.96. The molecule has 0 spiro atoms. The third kappa shape index (κ3) is 4.61. The molecule has 138 valence electrons. The first kappa shape index (κ1) is 19.3. The van der Waals surface area contributed by atoms with E-state index in [1.54, 1.807) is 11.8 Å². The van der Waals surface area contributed by atoms with Crippen molar-refractivity contribution in [3.63, 3.8) is 0 Å². The van der Waals surface area contributed by atoms with E-state index in [4.69, 9.17) is 17.3 Å². The van der Waals surface area contributed by atoms with Crippen molar-refractivity contribution in [3.05, 3.63) is 64.7 Å². The lowest BCUT2D eigenvalue weighted by Crippen LogP contribution is -2.53. The standard InChI is InChI=1S/C21H25ClN2OS/c1-21(2)14-24(12-11-19(21)23)20(25)16-5-3-15(4-6-16)13-26-18-9-7-17(22)8-10-18/h3-10,19H,11-14,23H2,1-2H3. The first-order valence-electron chi connectivity index (χ1n) is 8.87. The molecule has 0 bridgehead atoms. The van der Waals surface area contributed by atoms with E-state index in [9.17, 15) is 4.79 Å². The quantitative estimate of drug-likeness (QED) is 0.763. The molecule has 1 heterocycles. The van der Waals surface area contributed by atoms with Crippen LogP contribution >= 0.6 is 23.4 Å². The molecule has 1 amide bonds. The van der Waals surface area contributed by atoms with Crippen LogP contribution in [0.15, 0.2) is 53.4 Å². The number of rotatable bonds is 4. The summed E-state index contributed by atoms with van der Waals surface area (Å²) in [6.07, 6.45) is 0.856. The van der Waals surface area contributed by atoms with Gasteiger partial charge in [-0.3, -0.25) is 4.79 Å². The molecule has 1 saturated heterocycles. The number of likely N-dealkylation sites (tertiary alicyclic amines) is 1. The van der Waals surface area contributed by atoms with Gasteiger partial charge in [-0.05, 0) is 53.8 Å². The molecule has 1 aliphatic heterocycles. The van der Waals surface area contributed by atoms with Gasteiger partial charge in [0.1, 0.15) is 0 Å². The van der Waals surface area contributed by atoms with Crippen molar-refractivity contribution < 1.29 is 4.79 Å². The molecule has 0 saturated carbocycles. The number of carbonyl (C=O) groups is 1. The number of benzene rings is 2. The van der Waals surface area contributed by atoms with Crippen LogP contribution in [0.25, 0.3) is 0 Å². The minimum atomic E-state index is -0.0386. The van der Waals surface area contributed by atoms with Crippen LogP contribution in [0.3, 0.4) is 0 Å². The number of hydrogen-bond acceptors (Lipinski definition) is 3. The number of nitrogens with zero attached hydrogens (tertiary/aromatic N) is 1. The number of carbonyl (C=O) groups excluding carboxylic acids is 1. The monoisotopic (exact) mass is 388 g/mol. The Labute approximate surface area is 164 Å². The summed E-state index contributed by atoms with van der Waals surface area (Å²) in [5, 5.41) is 0.749. The zero-order valence-corrected chi connectivity index (χ0v) is 16.8. The highest BCUT2D eigenvalue weighted by Gasteiger charge is 2.35. The number of halogens is 1. The average molecular weight is 389 g/mol. The topological polar surface area (TPSA) is 46.3 Å². The molecule has 1 unspecified atom stereocenters. The first-order chi connectivity index (χ1) is 12.3. The molecule has 2 aromatic carbocycles. The molecule has 3 nitrogen and oxygen atoms in total. The van der Waals surface area contributed by atoms with Crippen molar-refractivity contribution in [2.75, 3.05) is 13.1 Å². The van der Waals surface area contributed by atoms with E-state index in [1.807, 2.05) is 53.4 Å². The highest BCUT2D eigenvalue weighted by atomic mass is 35.5. The second kappa shape index (κ2) is 8.03. The summed E-state index contributed by atoms with van der Waals surface area (Å²) in [7, 11) is 0. The van der Waals surface area contributed by atoms with Crippen LogP contribution in [0.1, 0.15) is 36.2 Å². The van der Waals surface area contributed by atoms with E-state index in [2.05, 4.69) is 13.8 Å². The van der Waals surface area contributed by atoms with Gasteiger partial charge in [0.2, 0.25) is 0 Å². The minimum absolute atomic E-state index is 0.0386. The van der Waals surface area contributed by atoms with Crippen LogP contribution in [0.4, 0.5) is 0 Å². The molecule has 0 aromatic heterocycles. The predicted octanol–water partition coefficient (Wildman–Crippen LogP) is 4.83.